The molecule has 1 aliphatic heterocycles. The number of hydrazine groups is 1. The van der Waals surface area contributed by atoms with Gasteiger partial charge in [0.1, 0.15) is 10.1 Å². The molecule has 0 aliphatic carbocycles. The average Bonchev–Trinajstić information content (AvgIpc) is 3.11. The van der Waals surface area contributed by atoms with Crippen LogP contribution in [0.15, 0.2) is 41.3 Å². The van der Waals surface area contributed by atoms with Gasteiger partial charge in [0.25, 0.3) is 11.8 Å². The molecule has 1 aliphatic rings. The number of benzene rings is 2. The summed E-state index contributed by atoms with van der Waals surface area (Å²) >= 11 is 30.5. The van der Waals surface area contributed by atoms with Gasteiger partial charge in [0.05, 0.1) is 9.93 Å². The zero-order valence-electron chi connectivity index (χ0n) is 19.2. The molecular formula is C24H21Cl4N3O4S2. The van der Waals surface area contributed by atoms with Crippen LogP contribution in [0.4, 0.5) is 0 Å². The van der Waals surface area contributed by atoms with E-state index >= 15 is 0 Å². The number of carbonyl (C=O) groups is 3. The van der Waals surface area contributed by atoms with Crippen molar-refractivity contribution in [1.82, 2.24) is 15.8 Å². The predicted octanol–water partition coefficient (Wildman–Crippen LogP) is 6.29. The summed E-state index contributed by atoms with van der Waals surface area (Å²) in [6.07, 6.45) is 3.84. The highest BCUT2D eigenvalue weighted by Gasteiger charge is 2.31. The van der Waals surface area contributed by atoms with E-state index in [0.717, 1.165) is 0 Å². The van der Waals surface area contributed by atoms with Crippen molar-refractivity contribution in [3.8, 4) is 5.75 Å². The Labute approximate surface area is 243 Å². The molecule has 13 heteroatoms. The first-order chi connectivity index (χ1) is 17.6. The van der Waals surface area contributed by atoms with Crippen LogP contribution in [0.2, 0.25) is 20.1 Å². The Morgan fingerprint density at radius 2 is 1.62 bits per heavy atom. The number of amides is 3. The summed E-state index contributed by atoms with van der Waals surface area (Å²) in [6, 6.07) is 9.69. The molecule has 37 heavy (non-hydrogen) atoms. The average molecular weight is 621 g/mol. The maximum absolute atomic E-state index is 12.7. The molecule has 7 nitrogen and oxygen atoms in total. The van der Waals surface area contributed by atoms with Crippen molar-refractivity contribution in [2.75, 3.05) is 13.2 Å². The van der Waals surface area contributed by atoms with Crippen LogP contribution >= 0.6 is 70.4 Å². The summed E-state index contributed by atoms with van der Waals surface area (Å²) in [4.78, 5) is 38.6. The molecule has 0 spiro atoms. The second-order valence-corrected chi connectivity index (χ2v) is 11.1. The zero-order valence-corrected chi connectivity index (χ0v) is 23.8. The maximum Gasteiger partial charge on any atom is 0.276 e. The standard InChI is InChI=1S/C24H21Cl4N3O4S2/c25-15-6-5-14(17(27)11-15)10-20-23(34)31(24(36)37-20)9-3-1-2-4-21(32)29-30-22(33)13-35-19-8-7-16(26)12-18(19)28/h5-8,10-12H,1-4,9,13H2,(H,29,32)(H,30,33). The van der Waals surface area contributed by atoms with Crippen molar-refractivity contribution in [3.63, 3.8) is 0 Å². The number of thiocarbonyl (C=S) groups is 1. The summed E-state index contributed by atoms with van der Waals surface area (Å²) in [5.41, 5.74) is 5.31. The molecule has 1 fully saturated rings. The van der Waals surface area contributed by atoms with Crippen LogP contribution < -0.4 is 15.6 Å². The molecule has 0 unspecified atom stereocenters. The van der Waals surface area contributed by atoms with Crippen molar-refractivity contribution in [1.29, 1.82) is 0 Å². The van der Waals surface area contributed by atoms with Crippen molar-refractivity contribution >= 4 is 98.5 Å². The number of ether oxygens (including phenoxy) is 1. The van der Waals surface area contributed by atoms with Crippen LogP contribution in [-0.4, -0.2) is 40.1 Å². The van der Waals surface area contributed by atoms with Crippen molar-refractivity contribution in [2.45, 2.75) is 25.7 Å². The molecule has 0 bridgehead atoms. The minimum absolute atomic E-state index is 0.177. The van der Waals surface area contributed by atoms with E-state index in [-0.39, 0.29) is 29.9 Å². The minimum Gasteiger partial charge on any atom is -0.482 e. The molecule has 0 radical (unpaired) electrons. The molecular weight excluding hydrogens is 600 g/mol. The zero-order chi connectivity index (χ0) is 26.9. The third kappa shape index (κ3) is 9.05. The lowest BCUT2D eigenvalue weighted by Crippen LogP contribution is -2.43. The Morgan fingerprint density at radius 1 is 0.946 bits per heavy atom. The smallest absolute Gasteiger partial charge is 0.276 e. The highest BCUT2D eigenvalue weighted by Crippen LogP contribution is 2.34. The first kappa shape index (κ1) is 29.5. The van der Waals surface area contributed by atoms with Gasteiger partial charge in [0.2, 0.25) is 5.91 Å². The Morgan fingerprint density at radius 3 is 2.32 bits per heavy atom. The lowest BCUT2D eigenvalue weighted by molar-refractivity contribution is -0.130. The normalized spacial score (nSPS) is 14.3. The summed E-state index contributed by atoms with van der Waals surface area (Å²) in [6.45, 7) is 0.114. The fraction of sp³-hybridized carbons (Fsp3) is 0.250. The number of hydrogen-bond donors (Lipinski definition) is 2. The Kier molecular flexibility index (Phi) is 11.4. The second-order valence-electron chi connectivity index (χ2n) is 7.77. The molecule has 1 saturated heterocycles. The van der Waals surface area contributed by atoms with Crippen molar-refractivity contribution < 1.29 is 19.1 Å². The number of nitrogens with one attached hydrogen (secondary N) is 2. The number of unbranched alkanes of at least 4 members (excludes halogenated alkanes) is 2. The third-order valence-corrected chi connectivity index (χ3v) is 7.47. The van der Waals surface area contributed by atoms with E-state index in [9.17, 15) is 14.4 Å². The Bertz CT molecular complexity index is 1240. The molecule has 0 aromatic heterocycles. The van der Waals surface area contributed by atoms with Gasteiger partial charge in [0.15, 0.2) is 6.61 Å². The van der Waals surface area contributed by atoms with Gasteiger partial charge in [-0.3, -0.25) is 30.1 Å². The van der Waals surface area contributed by atoms with Gasteiger partial charge in [-0.15, -0.1) is 0 Å². The first-order valence-electron chi connectivity index (χ1n) is 11.0. The summed E-state index contributed by atoms with van der Waals surface area (Å²) < 4.78 is 5.78. The molecule has 1 heterocycles. The molecule has 196 valence electrons. The Balaban J connectivity index is 1.33. The molecule has 0 saturated carbocycles. The monoisotopic (exact) mass is 619 g/mol. The minimum atomic E-state index is -0.540. The lowest BCUT2D eigenvalue weighted by atomic mass is 10.2. The van der Waals surface area contributed by atoms with E-state index in [1.807, 2.05) is 0 Å². The highest BCUT2D eigenvalue weighted by atomic mass is 35.5. The van der Waals surface area contributed by atoms with Gasteiger partial charge in [-0.05, 0) is 54.8 Å². The second kappa shape index (κ2) is 14.2. The molecule has 0 atom stereocenters. The predicted molar refractivity (Wildman–Crippen MR) is 153 cm³/mol. The fourth-order valence-electron chi connectivity index (χ4n) is 3.16. The largest absolute Gasteiger partial charge is 0.482 e. The fourth-order valence-corrected chi connectivity index (χ4v) is 5.38. The number of thioether (sulfide) groups is 1. The SMILES string of the molecule is O=C(CCCCCN1C(=O)C(=Cc2ccc(Cl)cc2Cl)SC1=S)NNC(=O)COc1ccc(Cl)cc1Cl. The number of nitrogens with zero attached hydrogens (tertiary/aromatic N) is 1. The van der Waals surface area contributed by atoms with Crippen molar-refractivity contribution in [2.24, 2.45) is 0 Å². The van der Waals surface area contributed by atoms with Crippen LogP contribution in [0.5, 0.6) is 5.75 Å². The van der Waals surface area contributed by atoms with E-state index in [2.05, 4.69) is 10.9 Å². The lowest BCUT2D eigenvalue weighted by Gasteiger charge is -2.14. The van der Waals surface area contributed by atoms with Gasteiger partial charge in [0, 0.05) is 28.0 Å². The summed E-state index contributed by atoms with van der Waals surface area (Å²) in [7, 11) is 0. The van der Waals surface area contributed by atoms with Crippen molar-refractivity contribution in [3.05, 3.63) is 67.0 Å². The van der Waals surface area contributed by atoms with E-state index in [4.69, 9.17) is 63.4 Å². The van der Waals surface area contributed by atoms with Crippen LogP contribution in [0.3, 0.4) is 0 Å². The highest BCUT2D eigenvalue weighted by molar-refractivity contribution is 8.26. The molecule has 2 aromatic carbocycles. The number of carbonyl (C=O) groups excluding carboxylic acids is 3. The molecule has 3 amide bonds. The number of rotatable bonds is 10. The molecule has 3 rings (SSSR count). The van der Waals surface area contributed by atoms with E-state index in [0.29, 0.717) is 61.4 Å². The topological polar surface area (TPSA) is 87.7 Å². The summed E-state index contributed by atoms with van der Waals surface area (Å²) in [5.74, 6) is -0.755. The van der Waals surface area contributed by atoms with Gasteiger partial charge >= 0.3 is 0 Å². The van der Waals surface area contributed by atoms with E-state index in [1.54, 1.807) is 41.3 Å². The van der Waals surface area contributed by atoms with Crippen LogP contribution in [0.25, 0.3) is 6.08 Å². The number of hydrogen-bond acceptors (Lipinski definition) is 6. The Hall–Kier alpha value is -2.01. The van der Waals surface area contributed by atoms with Gasteiger partial charge in [-0.25, -0.2) is 0 Å². The van der Waals surface area contributed by atoms with E-state index in [1.165, 1.54) is 17.8 Å². The van der Waals surface area contributed by atoms with Crippen LogP contribution in [-0.2, 0) is 14.4 Å². The first-order valence-corrected chi connectivity index (χ1v) is 13.7. The number of halogens is 4. The molecule has 2 aromatic rings. The van der Waals surface area contributed by atoms with Gasteiger partial charge in [-0.1, -0.05) is 82.9 Å². The van der Waals surface area contributed by atoms with Gasteiger partial charge in [-0.2, -0.15) is 0 Å². The quantitative estimate of drug-likeness (QED) is 0.141. The van der Waals surface area contributed by atoms with Gasteiger partial charge < -0.3 is 4.74 Å². The maximum atomic E-state index is 12.7. The van der Waals surface area contributed by atoms with Crippen LogP contribution in [0.1, 0.15) is 31.2 Å². The summed E-state index contributed by atoms with van der Waals surface area (Å²) in [5, 5.41) is 1.69. The van der Waals surface area contributed by atoms with Crippen LogP contribution in [0, 0.1) is 0 Å². The molecule has 2 N–H and O–H groups in total. The third-order valence-electron chi connectivity index (χ3n) is 5.00. The van der Waals surface area contributed by atoms with E-state index < -0.39 is 5.91 Å².